The van der Waals surface area contributed by atoms with Crippen LogP contribution in [0.15, 0.2) is 58.3 Å². The maximum Gasteiger partial charge on any atom is 0.339 e. The lowest BCUT2D eigenvalue weighted by Crippen LogP contribution is -2.35. The van der Waals surface area contributed by atoms with Gasteiger partial charge in [0.25, 0.3) is 5.91 Å². The molecule has 0 radical (unpaired) electrons. The Hall–Kier alpha value is -2.56. The number of rotatable bonds is 8. The van der Waals surface area contributed by atoms with Crippen molar-refractivity contribution in [3.8, 4) is 0 Å². The average Bonchev–Trinajstić information content (AvgIpc) is 2.82. The Morgan fingerprint density at radius 3 is 2.50 bits per heavy atom. The van der Waals surface area contributed by atoms with Gasteiger partial charge in [0, 0.05) is 24.5 Å². The highest BCUT2D eigenvalue weighted by atomic mass is 32.2. The summed E-state index contributed by atoms with van der Waals surface area (Å²) in [6.45, 7) is 2.15. The van der Waals surface area contributed by atoms with Crippen molar-refractivity contribution in [1.82, 2.24) is 4.31 Å². The Balaban J connectivity index is 1.63. The molecule has 0 aliphatic carbocycles. The topological polar surface area (TPSA) is 110 Å². The highest BCUT2D eigenvalue weighted by Crippen LogP contribution is 2.23. The third-order valence-electron chi connectivity index (χ3n) is 5.02. The van der Waals surface area contributed by atoms with Gasteiger partial charge in [0.15, 0.2) is 6.61 Å². The first kappa shape index (κ1) is 24.1. The molecule has 0 aromatic heterocycles. The van der Waals surface area contributed by atoms with Crippen molar-refractivity contribution < 1.29 is 27.0 Å². The van der Waals surface area contributed by atoms with Crippen LogP contribution in [0.25, 0.3) is 0 Å². The third kappa shape index (κ3) is 5.81. The first-order valence-corrected chi connectivity index (χ1v) is 13.1. The molecule has 1 atom stereocenters. The number of nitrogens with one attached hydrogen (secondary N) is 1. The van der Waals surface area contributed by atoms with Gasteiger partial charge in [-0.1, -0.05) is 31.5 Å². The maximum atomic E-state index is 12.8. The van der Waals surface area contributed by atoms with Crippen molar-refractivity contribution in [1.29, 1.82) is 0 Å². The fraction of sp³-hybridized carbons (Fsp3) is 0.364. The van der Waals surface area contributed by atoms with E-state index in [0.29, 0.717) is 23.7 Å². The van der Waals surface area contributed by atoms with Crippen LogP contribution in [0.2, 0.25) is 0 Å². The predicted octanol–water partition coefficient (Wildman–Crippen LogP) is 2.78. The molecule has 172 valence electrons. The smallest absolute Gasteiger partial charge is 0.339 e. The molecule has 3 rings (SSSR count). The molecule has 0 unspecified atom stereocenters. The lowest BCUT2D eigenvalue weighted by Gasteiger charge is -2.26. The van der Waals surface area contributed by atoms with Crippen LogP contribution in [0.1, 0.15) is 36.5 Å². The monoisotopic (exact) mass is 478 g/mol. The summed E-state index contributed by atoms with van der Waals surface area (Å²) >= 11 is 0. The summed E-state index contributed by atoms with van der Waals surface area (Å²) in [4.78, 5) is 25.1. The zero-order chi connectivity index (χ0) is 23.1. The summed E-state index contributed by atoms with van der Waals surface area (Å²) in [5.41, 5.74) is 0.437. The van der Waals surface area contributed by atoms with E-state index in [1.54, 1.807) is 37.3 Å². The molecule has 1 N–H and O–H groups in total. The second-order valence-electron chi connectivity index (χ2n) is 7.25. The average molecular weight is 479 g/mol. The molecule has 10 heteroatoms. The molecule has 0 bridgehead atoms. The highest BCUT2D eigenvalue weighted by Gasteiger charge is 2.26. The van der Waals surface area contributed by atoms with E-state index < -0.39 is 39.3 Å². The van der Waals surface area contributed by atoms with Gasteiger partial charge in [-0.25, -0.2) is 13.2 Å². The van der Waals surface area contributed by atoms with Crippen molar-refractivity contribution in [3.63, 3.8) is 0 Å². The van der Waals surface area contributed by atoms with Crippen LogP contribution in [0, 0.1) is 0 Å². The molecule has 1 saturated heterocycles. The Kier molecular flexibility index (Phi) is 8.16. The third-order valence-corrected chi connectivity index (χ3v) is 8.28. The number of hydrogen-bond donors (Lipinski definition) is 1. The van der Waals surface area contributed by atoms with E-state index >= 15 is 0 Å². The molecule has 32 heavy (non-hydrogen) atoms. The number of anilines is 1. The van der Waals surface area contributed by atoms with Gasteiger partial charge < -0.3 is 10.1 Å². The minimum absolute atomic E-state index is 0.102. The quantitative estimate of drug-likeness (QED) is 0.584. The van der Waals surface area contributed by atoms with Gasteiger partial charge in [-0.3, -0.25) is 9.00 Å². The zero-order valence-corrected chi connectivity index (χ0v) is 19.4. The molecule has 1 aliphatic heterocycles. The lowest BCUT2D eigenvalue weighted by molar-refractivity contribution is -0.119. The van der Waals surface area contributed by atoms with Crippen molar-refractivity contribution >= 4 is 38.4 Å². The molecule has 2 aromatic carbocycles. The number of piperidine rings is 1. The summed E-state index contributed by atoms with van der Waals surface area (Å²) in [6, 6.07) is 12.4. The molecular weight excluding hydrogens is 452 g/mol. The normalized spacial score (nSPS) is 15.7. The van der Waals surface area contributed by atoms with Crippen molar-refractivity contribution in [3.05, 3.63) is 54.1 Å². The van der Waals surface area contributed by atoms with Gasteiger partial charge in [0.05, 0.1) is 26.2 Å². The van der Waals surface area contributed by atoms with Crippen LogP contribution in [0.4, 0.5) is 5.69 Å². The maximum absolute atomic E-state index is 12.8. The lowest BCUT2D eigenvalue weighted by atomic mass is 10.2. The van der Waals surface area contributed by atoms with Crippen molar-refractivity contribution in [2.75, 3.05) is 30.8 Å². The summed E-state index contributed by atoms with van der Waals surface area (Å²) in [6.07, 6.45) is 2.67. The number of hydrogen-bond acceptors (Lipinski definition) is 6. The molecule has 1 heterocycles. The highest BCUT2D eigenvalue weighted by molar-refractivity contribution is 7.89. The number of benzene rings is 2. The molecule has 0 spiro atoms. The minimum Gasteiger partial charge on any atom is -0.452 e. The van der Waals surface area contributed by atoms with Gasteiger partial charge in [0.2, 0.25) is 10.0 Å². The Morgan fingerprint density at radius 1 is 1.06 bits per heavy atom. The minimum atomic E-state index is -3.63. The Morgan fingerprint density at radius 2 is 1.78 bits per heavy atom. The summed E-state index contributed by atoms with van der Waals surface area (Å²) in [5.74, 6) is -1.01. The van der Waals surface area contributed by atoms with Gasteiger partial charge >= 0.3 is 5.97 Å². The number of nitrogens with zero attached hydrogens (tertiary/aromatic N) is 1. The number of sulfonamides is 1. The van der Waals surface area contributed by atoms with E-state index in [1.165, 1.54) is 22.5 Å². The number of ether oxygens (including phenoxy) is 1. The fourth-order valence-electron chi connectivity index (χ4n) is 3.38. The van der Waals surface area contributed by atoms with Gasteiger partial charge in [-0.15, -0.1) is 0 Å². The SMILES string of the molecule is CC[S@](=O)c1ccccc1C(=O)OCC(=O)Nc1cccc(S(=O)(=O)N2CCCCC2)c1. The van der Waals surface area contributed by atoms with E-state index in [4.69, 9.17) is 4.74 Å². The van der Waals surface area contributed by atoms with Crippen LogP contribution in [-0.2, 0) is 30.4 Å². The van der Waals surface area contributed by atoms with Crippen molar-refractivity contribution in [2.45, 2.75) is 36.0 Å². The van der Waals surface area contributed by atoms with Crippen LogP contribution >= 0.6 is 0 Å². The van der Waals surface area contributed by atoms with Crippen molar-refractivity contribution in [2.24, 2.45) is 0 Å². The van der Waals surface area contributed by atoms with Crippen LogP contribution in [-0.4, -0.2) is 54.3 Å². The summed E-state index contributed by atoms with van der Waals surface area (Å²) in [5, 5.41) is 2.55. The van der Waals surface area contributed by atoms with E-state index in [9.17, 15) is 22.2 Å². The molecule has 8 nitrogen and oxygen atoms in total. The van der Waals surface area contributed by atoms with E-state index in [-0.39, 0.29) is 16.1 Å². The molecule has 1 fully saturated rings. The molecule has 0 saturated carbocycles. The summed E-state index contributed by atoms with van der Waals surface area (Å²) in [7, 11) is -4.97. The van der Waals surface area contributed by atoms with Gasteiger partial charge in [-0.2, -0.15) is 4.31 Å². The van der Waals surface area contributed by atoms with Gasteiger partial charge in [-0.05, 0) is 43.2 Å². The number of carbonyl (C=O) groups is 2. The van der Waals surface area contributed by atoms with Crippen LogP contribution < -0.4 is 5.32 Å². The van der Waals surface area contributed by atoms with Gasteiger partial charge in [0.1, 0.15) is 0 Å². The van der Waals surface area contributed by atoms with Crippen LogP contribution in [0.3, 0.4) is 0 Å². The van der Waals surface area contributed by atoms with E-state index in [0.717, 1.165) is 19.3 Å². The molecule has 2 aromatic rings. The standard InChI is InChI=1S/C22H26N2O6S2/c1-2-31(27)20-12-5-4-11-19(20)22(26)30-16-21(25)23-17-9-8-10-18(15-17)32(28,29)24-13-6-3-7-14-24/h4-5,8-12,15H,2-3,6-7,13-14,16H2,1H3,(H,23,25)/t31-/m0/s1. The molecular formula is C22H26N2O6S2. The molecule has 1 amide bonds. The Labute approximate surface area is 190 Å². The first-order valence-electron chi connectivity index (χ1n) is 10.4. The van der Waals surface area contributed by atoms with E-state index in [1.807, 2.05) is 0 Å². The fourth-order valence-corrected chi connectivity index (χ4v) is 5.89. The largest absolute Gasteiger partial charge is 0.452 e. The number of amides is 1. The zero-order valence-electron chi connectivity index (χ0n) is 17.8. The number of esters is 1. The predicted molar refractivity (Wildman–Crippen MR) is 121 cm³/mol. The second-order valence-corrected chi connectivity index (χ2v) is 10.9. The second kappa shape index (κ2) is 10.8. The van der Waals surface area contributed by atoms with E-state index in [2.05, 4.69) is 5.32 Å². The number of carbonyl (C=O) groups excluding carboxylic acids is 2. The molecule has 1 aliphatic rings. The van der Waals surface area contributed by atoms with Crippen LogP contribution in [0.5, 0.6) is 0 Å². The first-order chi connectivity index (χ1) is 15.3. The summed E-state index contributed by atoms with van der Waals surface area (Å²) < 4.78 is 44.3. The Bertz CT molecular complexity index is 1110.